The summed E-state index contributed by atoms with van der Waals surface area (Å²) in [5.74, 6) is 0.752. The van der Waals surface area contributed by atoms with Gasteiger partial charge in [-0.25, -0.2) is 15.0 Å². The standard InChI is InChI=1S/C20H19N5O3S/c21-18-15-19(23-9-22-18)25(10-24-15)20-17(27)16(26)14(28-20)8-29-13-6-5-11-3-1-2-4-12(11)7-13/h1-7,9-10,14,16-17,20,26-27H,8H2,(H2,21,22,23)/t14-,16-,17-,20-/m1/s1. The van der Waals surface area contributed by atoms with Crippen molar-refractivity contribution in [2.45, 2.75) is 29.4 Å². The Kier molecular flexibility index (Phi) is 4.59. The minimum atomic E-state index is -1.11. The highest BCUT2D eigenvalue weighted by molar-refractivity contribution is 7.99. The molecule has 1 fully saturated rings. The van der Waals surface area contributed by atoms with Crippen LogP contribution in [0.5, 0.6) is 0 Å². The lowest BCUT2D eigenvalue weighted by atomic mass is 10.1. The van der Waals surface area contributed by atoms with Crippen LogP contribution in [0.4, 0.5) is 5.82 Å². The Morgan fingerprint density at radius 1 is 1.03 bits per heavy atom. The first-order chi connectivity index (χ1) is 14.1. The minimum absolute atomic E-state index is 0.255. The number of benzene rings is 2. The van der Waals surface area contributed by atoms with Crippen LogP contribution in [0.25, 0.3) is 21.9 Å². The summed E-state index contributed by atoms with van der Waals surface area (Å²) in [6.45, 7) is 0. The van der Waals surface area contributed by atoms with E-state index in [-0.39, 0.29) is 5.82 Å². The molecular weight excluding hydrogens is 390 g/mol. The number of aromatic nitrogens is 4. The number of hydrogen-bond acceptors (Lipinski definition) is 8. The van der Waals surface area contributed by atoms with Crippen LogP contribution < -0.4 is 5.73 Å². The average molecular weight is 409 g/mol. The van der Waals surface area contributed by atoms with Crippen molar-refractivity contribution in [3.05, 3.63) is 55.1 Å². The van der Waals surface area contributed by atoms with Gasteiger partial charge in [0.1, 0.15) is 24.1 Å². The Morgan fingerprint density at radius 3 is 2.72 bits per heavy atom. The quantitative estimate of drug-likeness (QED) is 0.438. The van der Waals surface area contributed by atoms with Gasteiger partial charge in [0, 0.05) is 10.6 Å². The molecule has 2 aromatic carbocycles. The van der Waals surface area contributed by atoms with E-state index in [1.807, 2.05) is 18.2 Å². The van der Waals surface area contributed by atoms with Crippen LogP contribution in [-0.4, -0.2) is 53.8 Å². The van der Waals surface area contributed by atoms with Crippen molar-refractivity contribution in [3.63, 3.8) is 0 Å². The summed E-state index contributed by atoms with van der Waals surface area (Å²) >= 11 is 1.58. The van der Waals surface area contributed by atoms with Crippen LogP contribution in [0.2, 0.25) is 0 Å². The monoisotopic (exact) mass is 409 g/mol. The van der Waals surface area contributed by atoms with Gasteiger partial charge in [-0.15, -0.1) is 11.8 Å². The molecule has 4 aromatic rings. The highest BCUT2D eigenvalue weighted by Crippen LogP contribution is 2.35. The van der Waals surface area contributed by atoms with Crippen LogP contribution in [0.1, 0.15) is 6.23 Å². The summed E-state index contributed by atoms with van der Waals surface area (Å²) in [4.78, 5) is 13.4. The molecule has 4 atom stereocenters. The summed E-state index contributed by atoms with van der Waals surface area (Å²) in [7, 11) is 0. The maximum atomic E-state index is 10.6. The Hall–Kier alpha value is -2.72. The molecule has 0 saturated carbocycles. The summed E-state index contributed by atoms with van der Waals surface area (Å²) < 4.78 is 7.57. The number of fused-ring (bicyclic) bond motifs is 2. The fourth-order valence-electron chi connectivity index (χ4n) is 3.59. The average Bonchev–Trinajstić information content (AvgIpc) is 3.29. The molecule has 0 aliphatic carbocycles. The Labute approximate surface area is 170 Å². The molecule has 0 radical (unpaired) electrons. The van der Waals surface area contributed by atoms with Gasteiger partial charge >= 0.3 is 0 Å². The van der Waals surface area contributed by atoms with E-state index in [9.17, 15) is 10.2 Å². The number of nitrogen functional groups attached to an aromatic ring is 1. The molecule has 1 saturated heterocycles. The van der Waals surface area contributed by atoms with E-state index >= 15 is 0 Å². The van der Waals surface area contributed by atoms with E-state index in [0.29, 0.717) is 16.9 Å². The molecule has 0 spiro atoms. The molecule has 29 heavy (non-hydrogen) atoms. The number of nitrogens with zero attached hydrogens (tertiary/aromatic N) is 4. The molecule has 148 valence electrons. The number of aliphatic hydroxyl groups is 2. The first kappa shape index (κ1) is 18.3. The number of aliphatic hydroxyl groups excluding tert-OH is 2. The molecule has 0 bridgehead atoms. The van der Waals surface area contributed by atoms with Gasteiger partial charge in [-0.1, -0.05) is 30.3 Å². The lowest BCUT2D eigenvalue weighted by Crippen LogP contribution is -2.32. The molecule has 8 nitrogen and oxygen atoms in total. The topological polar surface area (TPSA) is 119 Å². The van der Waals surface area contributed by atoms with Crippen LogP contribution >= 0.6 is 11.8 Å². The highest BCUT2D eigenvalue weighted by Gasteiger charge is 2.44. The number of thioether (sulfide) groups is 1. The smallest absolute Gasteiger partial charge is 0.167 e. The van der Waals surface area contributed by atoms with Crippen LogP contribution in [0.3, 0.4) is 0 Å². The van der Waals surface area contributed by atoms with Gasteiger partial charge in [0.25, 0.3) is 0 Å². The second kappa shape index (κ2) is 7.27. The predicted octanol–water partition coefficient (Wildman–Crippen LogP) is 1.97. The maximum Gasteiger partial charge on any atom is 0.167 e. The summed E-state index contributed by atoms with van der Waals surface area (Å²) in [5, 5.41) is 23.4. The maximum absolute atomic E-state index is 10.6. The summed E-state index contributed by atoms with van der Waals surface area (Å²) in [6.07, 6.45) is -0.638. The van der Waals surface area contributed by atoms with Gasteiger partial charge in [-0.05, 0) is 22.9 Å². The van der Waals surface area contributed by atoms with E-state index in [1.165, 1.54) is 18.0 Å². The lowest BCUT2D eigenvalue weighted by molar-refractivity contribution is -0.0289. The van der Waals surface area contributed by atoms with Crippen molar-refractivity contribution in [1.29, 1.82) is 0 Å². The SMILES string of the molecule is Nc1ncnc2c1ncn2[C@@H]1O[C@H](CSc2ccc3ccccc3c2)[C@@H](O)[C@H]1O. The number of hydrogen-bond donors (Lipinski definition) is 3. The second-order valence-corrected chi connectivity index (χ2v) is 8.04. The zero-order valence-electron chi connectivity index (χ0n) is 15.3. The summed E-state index contributed by atoms with van der Waals surface area (Å²) in [5.41, 5.74) is 6.72. The van der Waals surface area contributed by atoms with Crippen molar-refractivity contribution >= 4 is 39.5 Å². The first-order valence-electron chi connectivity index (χ1n) is 9.18. The van der Waals surface area contributed by atoms with Crippen molar-refractivity contribution in [3.8, 4) is 0 Å². The number of imidazole rings is 1. The number of nitrogens with two attached hydrogens (primary N) is 1. The Bertz CT molecular complexity index is 1180. The number of rotatable bonds is 4. The van der Waals surface area contributed by atoms with Gasteiger partial charge in [-0.2, -0.15) is 0 Å². The highest BCUT2D eigenvalue weighted by atomic mass is 32.2. The summed E-state index contributed by atoms with van der Waals surface area (Å²) in [6, 6.07) is 14.4. The molecule has 0 amide bonds. The van der Waals surface area contributed by atoms with Crippen LogP contribution in [0, 0.1) is 0 Å². The number of anilines is 1. The normalized spacial score (nSPS) is 24.5. The fraction of sp³-hybridized carbons (Fsp3) is 0.250. The van der Waals surface area contributed by atoms with Crippen LogP contribution in [-0.2, 0) is 4.74 Å². The van der Waals surface area contributed by atoms with E-state index in [0.717, 1.165) is 10.3 Å². The Morgan fingerprint density at radius 2 is 1.86 bits per heavy atom. The van der Waals surface area contributed by atoms with Crippen molar-refractivity contribution < 1.29 is 14.9 Å². The largest absolute Gasteiger partial charge is 0.387 e. The van der Waals surface area contributed by atoms with Crippen molar-refractivity contribution in [1.82, 2.24) is 19.5 Å². The molecule has 0 unspecified atom stereocenters. The molecule has 5 rings (SSSR count). The van der Waals surface area contributed by atoms with E-state index in [2.05, 4.69) is 39.2 Å². The van der Waals surface area contributed by atoms with Crippen molar-refractivity contribution in [2.24, 2.45) is 0 Å². The van der Waals surface area contributed by atoms with Gasteiger partial charge in [-0.3, -0.25) is 4.57 Å². The second-order valence-electron chi connectivity index (χ2n) is 6.95. The fourth-order valence-corrected chi connectivity index (χ4v) is 4.60. The van der Waals surface area contributed by atoms with E-state index < -0.39 is 24.5 Å². The van der Waals surface area contributed by atoms with Crippen LogP contribution in [0.15, 0.2) is 60.0 Å². The molecule has 9 heteroatoms. The third kappa shape index (κ3) is 3.22. The first-order valence-corrected chi connectivity index (χ1v) is 10.2. The van der Waals surface area contributed by atoms with Gasteiger partial charge in [0.15, 0.2) is 17.7 Å². The van der Waals surface area contributed by atoms with Gasteiger partial charge in [0.2, 0.25) is 0 Å². The molecule has 3 heterocycles. The predicted molar refractivity (Wildman–Crippen MR) is 110 cm³/mol. The molecule has 1 aliphatic rings. The molecule has 2 aromatic heterocycles. The zero-order valence-corrected chi connectivity index (χ0v) is 16.1. The molecule has 4 N–H and O–H groups in total. The molecular formula is C20H19N5O3S. The van der Waals surface area contributed by atoms with Gasteiger partial charge < -0.3 is 20.7 Å². The third-order valence-corrected chi connectivity index (χ3v) is 6.22. The number of ether oxygens (including phenoxy) is 1. The van der Waals surface area contributed by atoms with E-state index in [1.54, 1.807) is 16.3 Å². The Balaban J connectivity index is 1.34. The lowest BCUT2D eigenvalue weighted by Gasteiger charge is -2.16. The third-order valence-electron chi connectivity index (χ3n) is 5.13. The van der Waals surface area contributed by atoms with Crippen molar-refractivity contribution in [2.75, 3.05) is 11.5 Å². The van der Waals surface area contributed by atoms with Gasteiger partial charge in [0.05, 0.1) is 12.4 Å². The molecule has 1 aliphatic heterocycles. The zero-order chi connectivity index (χ0) is 20.0. The van der Waals surface area contributed by atoms with E-state index in [4.69, 9.17) is 10.5 Å². The minimum Gasteiger partial charge on any atom is -0.387 e.